The normalized spacial score (nSPS) is 11.9. The van der Waals surface area contributed by atoms with E-state index in [1.54, 1.807) is 6.20 Å². The molecule has 2 aromatic rings. The van der Waals surface area contributed by atoms with Gasteiger partial charge in [-0.2, -0.15) is 5.10 Å². The highest BCUT2D eigenvalue weighted by atomic mass is 16.1. The SMILES string of the molecule is CC(C)(C)C(=O)c1ccc2cn[nH]c2c1. The summed E-state index contributed by atoms with van der Waals surface area (Å²) in [6.07, 6.45) is 1.75. The van der Waals surface area contributed by atoms with Crippen molar-refractivity contribution in [3.05, 3.63) is 30.0 Å². The van der Waals surface area contributed by atoms with Crippen molar-refractivity contribution in [2.24, 2.45) is 5.41 Å². The second kappa shape index (κ2) is 3.19. The van der Waals surface area contributed by atoms with Gasteiger partial charge in [0.15, 0.2) is 5.78 Å². The van der Waals surface area contributed by atoms with Gasteiger partial charge in [0.25, 0.3) is 0 Å². The van der Waals surface area contributed by atoms with Crippen LogP contribution in [0.5, 0.6) is 0 Å². The van der Waals surface area contributed by atoms with Gasteiger partial charge in [-0.15, -0.1) is 0 Å². The average molecular weight is 202 g/mol. The van der Waals surface area contributed by atoms with E-state index in [-0.39, 0.29) is 11.2 Å². The molecule has 0 saturated heterocycles. The molecule has 0 radical (unpaired) electrons. The number of rotatable bonds is 1. The Kier molecular flexibility index (Phi) is 2.11. The average Bonchev–Trinajstić information content (AvgIpc) is 2.61. The minimum atomic E-state index is -0.340. The molecule has 0 unspecified atom stereocenters. The molecule has 78 valence electrons. The van der Waals surface area contributed by atoms with Crippen LogP contribution < -0.4 is 0 Å². The molecular weight excluding hydrogens is 188 g/mol. The van der Waals surface area contributed by atoms with Gasteiger partial charge < -0.3 is 0 Å². The van der Waals surface area contributed by atoms with Gasteiger partial charge in [-0.25, -0.2) is 0 Å². The highest BCUT2D eigenvalue weighted by molar-refractivity contribution is 6.02. The summed E-state index contributed by atoms with van der Waals surface area (Å²) in [4.78, 5) is 12.0. The maximum Gasteiger partial charge on any atom is 0.168 e. The Morgan fingerprint density at radius 2 is 2.07 bits per heavy atom. The first-order chi connectivity index (χ1) is 6.98. The number of aromatic amines is 1. The summed E-state index contributed by atoms with van der Waals surface area (Å²) in [5.41, 5.74) is 1.30. The van der Waals surface area contributed by atoms with Crippen LogP contribution >= 0.6 is 0 Å². The van der Waals surface area contributed by atoms with Gasteiger partial charge in [-0.1, -0.05) is 32.9 Å². The summed E-state index contributed by atoms with van der Waals surface area (Å²) < 4.78 is 0. The number of nitrogens with one attached hydrogen (secondary N) is 1. The highest BCUT2D eigenvalue weighted by Gasteiger charge is 2.22. The number of nitrogens with zero attached hydrogens (tertiary/aromatic N) is 1. The molecule has 2 rings (SSSR count). The van der Waals surface area contributed by atoms with Gasteiger partial charge in [-0.05, 0) is 6.07 Å². The van der Waals surface area contributed by atoms with Crippen LogP contribution in [0, 0.1) is 5.41 Å². The lowest BCUT2D eigenvalue weighted by atomic mass is 9.86. The van der Waals surface area contributed by atoms with Crippen LogP contribution in [0.1, 0.15) is 31.1 Å². The number of Topliss-reactive ketones (excluding diaryl/α,β-unsaturated/α-hetero) is 1. The Morgan fingerprint density at radius 3 is 2.73 bits per heavy atom. The number of aromatic nitrogens is 2. The van der Waals surface area contributed by atoms with E-state index in [0.29, 0.717) is 0 Å². The summed E-state index contributed by atoms with van der Waals surface area (Å²) in [6, 6.07) is 5.62. The van der Waals surface area contributed by atoms with Crippen LogP contribution in [0.4, 0.5) is 0 Å². The first kappa shape index (κ1) is 9.90. The van der Waals surface area contributed by atoms with Gasteiger partial charge in [-0.3, -0.25) is 9.89 Å². The minimum Gasteiger partial charge on any atom is -0.294 e. The lowest BCUT2D eigenvalue weighted by Gasteiger charge is -2.16. The third kappa shape index (κ3) is 1.77. The molecule has 1 aromatic heterocycles. The van der Waals surface area contributed by atoms with Gasteiger partial charge >= 0.3 is 0 Å². The smallest absolute Gasteiger partial charge is 0.168 e. The molecule has 3 nitrogen and oxygen atoms in total. The van der Waals surface area contributed by atoms with Gasteiger partial charge in [0.2, 0.25) is 0 Å². The molecule has 0 bridgehead atoms. The molecule has 1 heterocycles. The van der Waals surface area contributed by atoms with E-state index >= 15 is 0 Å². The molecule has 0 spiro atoms. The Labute approximate surface area is 88.5 Å². The van der Waals surface area contributed by atoms with E-state index < -0.39 is 0 Å². The third-order valence-corrected chi connectivity index (χ3v) is 2.39. The lowest BCUT2D eigenvalue weighted by molar-refractivity contribution is 0.0858. The summed E-state index contributed by atoms with van der Waals surface area (Å²) in [5.74, 6) is 0.152. The van der Waals surface area contributed by atoms with Crippen LogP contribution in [-0.4, -0.2) is 16.0 Å². The number of carbonyl (C=O) groups excluding carboxylic acids is 1. The number of carbonyl (C=O) groups is 1. The molecule has 0 atom stereocenters. The predicted octanol–water partition coefficient (Wildman–Crippen LogP) is 2.79. The fourth-order valence-corrected chi connectivity index (χ4v) is 1.51. The van der Waals surface area contributed by atoms with Crippen molar-refractivity contribution in [2.75, 3.05) is 0 Å². The van der Waals surface area contributed by atoms with Crippen molar-refractivity contribution in [2.45, 2.75) is 20.8 Å². The van der Waals surface area contributed by atoms with Gasteiger partial charge in [0, 0.05) is 16.4 Å². The molecule has 0 aliphatic rings. The lowest BCUT2D eigenvalue weighted by Crippen LogP contribution is -2.19. The molecule has 0 fully saturated rings. The van der Waals surface area contributed by atoms with Crippen LogP contribution in [0.2, 0.25) is 0 Å². The monoisotopic (exact) mass is 202 g/mol. The van der Waals surface area contributed by atoms with Crippen LogP contribution in [0.25, 0.3) is 10.9 Å². The molecular formula is C12H14N2O. The number of H-pyrrole nitrogens is 1. The largest absolute Gasteiger partial charge is 0.294 e. The standard InChI is InChI=1S/C12H14N2O/c1-12(2,3)11(15)8-4-5-9-7-13-14-10(9)6-8/h4-7H,1-3H3,(H,13,14). The van der Waals surface area contributed by atoms with E-state index in [4.69, 9.17) is 0 Å². The maximum atomic E-state index is 12.0. The highest BCUT2D eigenvalue weighted by Crippen LogP contribution is 2.22. The summed E-state index contributed by atoms with van der Waals surface area (Å²) >= 11 is 0. The Bertz CT molecular complexity index is 506. The zero-order chi connectivity index (χ0) is 11.1. The molecule has 1 N–H and O–H groups in total. The molecule has 3 heteroatoms. The van der Waals surface area contributed by atoms with E-state index in [1.165, 1.54) is 0 Å². The number of fused-ring (bicyclic) bond motifs is 1. The van der Waals surface area contributed by atoms with Crippen molar-refractivity contribution in [1.82, 2.24) is 10.2 Å². The van der Waals surface area contributed by atoms with Crippen LogP contribution in [0.15, 0.2) is 24.4 Å². The van der Waals surface area contributed by atoms with Gasteiger partial charge in [0.05, 0.1) is 11.7 Å². The summed E-state index contributed by atoms with van der Waals surface area (Å²) in [6.45, 7) is 5.77. The van der Waals surface area contributed by atoms with E-state index in [0.717, 1.165) is 16.5 Å². The zero-order valence-corrected chi connectivity index (χ0v) is 9.16. The number of benzene rings is 1. The molecule has 15 heavy (non-hydrogen) atoms. The summed E-state index contributed by atoms with van der Waals surface area (Å²) in [7, 11) is 0. The Balaban J connectivity index is 2.49. The van der Waals surface area contributed by atoms with Crippen molar-refractivity contribution in [3.8, 4) is 0 Å². The van der Waals surface area contributed by atoms with Crippen molar-refractivity contribution in [3.63, 3.8) is 0 Å². The summed E-state index contributed by atoms with van der Waals surface area (Å²) in [5, 5.41) is 7.82. The molecule has 0 aliphatic carbocycles. The predicted molar refractivity (Wildman–Crippen MR) is 59.9 cm³/mol. The first-order valence-electron chi connectivity index (χ1n) is 4.96. The third-order valence-electron chi connectivity index (χ3n) is 2.39. The molecule has 0 amide bonds. The maximum absolute atomic E-state index is 12.0. The van der Waals surface area contributed by atoms with E-state index in [9.17, 15) is 4.79 Å². The fraction of sp³-hybridized carbons (Fsp3) is 0.333. The van der Waals surface area contributed by atoms with E-state index in [2.05, 4.69) is 10.2 Å². The number of hydrogen-bond donors (Lipinski definition) is 1. The van der Waals surface area contributed by atoms with Crippen molar-refractivity contribution in [1.29, 1.82) is 0 Å². The van der Waals surface area contributed by atoms with Crippen LogP contribution in [0.3, 0.4) is 0 Å². The number of ketones is 1. The van der Waals surface area contributed by atoms with E-state index in [1.807, 2.05) is 39.0 Å². The second-order valence-electron chi connectivity index (χ2n) is 4.75. The zero-order valence-electron chi connectivity index (χ0n) is 9.16. The van der Waals surface area contributed by atoms with Crippen LogP contribution in [-0.2, 0) is 0 Å². The fourth-order valence-electron chi connectivity index (χ4n) is 1.51. The molecule has 0 saturated carbocycles. The number of hydrogen-bond acceptors (Lipinski definition) is 2. The Morgan fingerprint density at radius 1 is 1.33 bits per heavy atom. The first-order valence-corrected chi connectivity index (χ1v) is 4.96. The molecule has 0 aliphatic heterocycles. The molecule has 1 aromatic carbocycles. The van der Waals surface area contributed by atoms with Gasteiger partial charge in [0.1, 0.15) is 0 Å². The minimum absolute atomic E-state index is 0.152. The second-order valence-corrected chi connectivity index (χ2v) is 4.75. The quantitative estimate of drug-likeness (QED) is 0.723. The van der Waals surface area contributed by atoms with Crippen molar-refractivity contribution < 1.29 is 4.79 Å². The van der Waals surface area contributed by atoms with Crippen molar-refractivity contribution >= 4 is 16.7 Å². The topological polar surface area (TPSA) is 45.8 Å². The Hall–Kier alpha value is -1.64.